The predicted octanol–water partition coefficient (Wildman–Crippen LogP) is 2.82. The van der Waals surface area contributed by atoms with Gasteiger partial charge in [0.05, 0.1) is 5.56 Å². The smallest absolute Gasteiger partial charge is 0.335 e. The lowest BCUT2D eigenvalue weighted by Gasteiger charge is -1.98. The number of aromatic hydroxyl groups is 1. The van der Waals surface area contributed by atoms with Crippen molar-refractivity contribution >= 4 is 17.3 Å². The van der Waals surface area contributed by atoms with Crippen molar-refractivity contribution in [3.63, 3.8) is 0 Å². The Balaban J connectivity index is 2.45. The Labute approximate surface area is 90.2 Å². The summed E-state index contributed by atoms with van der Waals surface area (Å²) in [5.41, 5.74) is 1.06. The molecule has 0 saturated heterocycles. The zero-order chi connectivity index (χ0) is 10.8. The fraction of sp³-hybridized carbons (Fsp3) is 0. The molecule has 4 heteroatoms. The Morgan fingerprint density at radius 1 is 1.20 bits per heavy atom. The first-order valence-corrected chi connectivity index (χ1v) is 5.11. The number of rotatable bonds is 2. The molecule has 1 aromatic heterocycles. The third kappa shape index (κ3) is 1.99. The fourth-order valence-electron chi connectivity index (χ4n) is 1.29. The van der Waals surface area contributed by atoms with E-state index in [2.05, 4.69) is 0 Å². The maximum atomic E-state index is 10.7. The number of carboxylic acids is 1. The number of hydrogen-bond donors (Lipinski definition) is 2. The molecule has 2 aromatic rings. The fourth-order valence-corrected chi connectivity index (χ4v) is 2.03. The molecule has 0 aliphatic heterocycles. The van der Waals surface area contributed by atoms with Crippen molar-refractivity contribution in [1.29, 1.82) is 0 Å². The average molecular weight is 220 g/mol. The molecule has 0 atom stereocenters. The number of aromatic carboxylic acids is 1. The summed E-state index contributed by atoms with van der Waals surface area (Å²) in [7, 11) is 0. The van der Waals surface area contributed by atoms with Crippen LogP contribution in [0.2, 0.25) is 0 Å². The zero-order valence-corrected chi connectivity index (χ0v) is 8.49. The minimum Gasteiger partial charge on any atom is -0.499 e. The van der Waals surface area contributed by atoms with E-state index in [4.69, 9.17) is 5.11 Å². The molecule has 0 aliphatic rings. The molecule has 0 fully saturated rings. The molecule has 0 amide bonds. The Hall–Kier alpha value is -1.81. The number of carbonyl (C=O) groups is 1. The summed E-state index contributed by atoms with van der Waals surface area (Å²) >= 11 is 1.22. The zero-order valence-electron chi connectivity index (χ0n) is 7.68. The Morgan fingerprint density at radius 3 is 2.60 bits per heavy atom. The first kappa shape index (κ1) is 9.73. The molecule has 1 aromatic carbocycles. The van der Waals surface area contributed by atoms with E-state index >= 15 is 0 Å². The monoisotopic (exact) mass is 220 g/mol. The van der Waals surface area contributed by atoms with Gasteiger partial charge in [0, 0.05) is 4.88 Å². The van der Waals surface area contributed by atoms with Gasteiger partial charge >= 0.3 is 5.97 Å². The average Bonchev–Trinajstić information content (AvgIpc) is 2.65. The number of hydrogen-bond acceptors (Lipinski definition) is 3. The molecule has 15 heavy (non-hydrogen) atoms. The lowest BCUT2D eigenvalue weighted by molar-refractivity contribution is 0.0697. The quantitative estimate of drug-likeness (QED) is 0.818. The van der Waals surface area contributed by atoms with Crippen molar-refractivity contribution in [3.05, 3.63) is 42.0 Å². The van der Waals surface area contributed by atoms with Gasteiger partial charge in [0.2, 0.25) is 0 Å². The number of thiophene rings is 1. The van der Waals surface area contributed by atoms with Crippen molar-refractivity contribution in [2.45, 2.75) is 0 Å². The van der Waals surface area contributed by atoms with Crippen molar-refractivity contribution in [1.82, 2.24) is 0 Å². The van der Waals surface area contributed by atoms with E-state index in [1.807, 2.05) is 6.07 Å². The van der Waals surface area contributed by atoms with Crippen LogP contribution in [0.4, 0.5) is 0 Å². The van der Waals surface area contributed by atoms with Crippen molar-refractivity contribution in [2.24, 2.45) is 0 Å². The molecule has 2 rings (SSSR count). The van der Waals surface area contributed by atoms with Gasteiger partial charge in [0.1, 0.15) is 0 Å². The third-order valence-electron chi connectivity index (χ3n) is 1.99. The molecule has 0 bridgehead atoms. The highest BCUT2D eigenvalue weighted by molar-refractivity contribution is 7.17. The summed E-state index contributed by atoms with van der Waals surface area (Å²) < 4.78 is 0. The van der Waals surface area contributed by atoms with Gasteiger partial charge in [-0.05, 0) is 29.8 Å². The van der Waals surface area contributed by atoms with Crippen LogP contribution in [0.15, 0.2) is 36.4 Å². The summed E-state index contributed by atoms with van der Waals surface area (Å²) in [6, 6.07) is 9.99. The molecule has 0 unspecified atom stereocenters. The first-order valence-electron chi connectivity index (χ1n) is 4.29. The van der Waals surface area contributed by atoms with Gasteiger partial charge in [-0.3, -0.25) is 0 Å². The summed E-state index contributed by atoms with van der Waals surface area (Å²) in [6.45, 7) is 0. The van der Waals surface area contributed by atoms with Crippen LogP contribution in [0, 0.1) is 0 Å². The van der Waals surface area contributed by atoms with Crippen molar-refractivity contribution in [3.8, 4) is 15.5 Å². The van der Waals surface area contributed by atoms with Crippen LogP contribution in [0.3, 0.4) is 0 Å². The molecule has 3 nitrogen and oxygen atoms in total. The highest BCUT2D eigenvalue weighted by atomic mass is 32.1. The third-order valence-corrected chi connectivity index (χ3v) is 2.92. The Kier molecular flexibility index (Phi) is 2.43. The van der Waals surface area contributed by atoms with E-state index in [1.54, 1.807) is 30.3 Å². The van der Waals surface area contributed by atoms with Gasteiger partial charge < -0.3 is 10.2 Å². The standard InChI is InChI=1S/C11H8O3S/c12-10-5-4-9(15-10)7-2-1-3-8(6-7)11(13)14/h1-6,12H,(H,13,14). The van der Waals surface area contributed by atoms with Crippen LogP contribution in [-0.4, -0.2) is 16.2 Å². The second kappa shape index (κ2) is 3.74. The highest BCUT2D eigenvalue weighted by Gasteiger charge is 2.06. The second-order valence-electron chi connectivity index (χ2n) is 3.02. The van der Waals surface area contributed by atoms with E-state index < -0.39 is 5.97 Å². The maximum Gasteiger partial charge on any atom is 0.335 e. The summed E-state index contributed by atoms with van der Waals surface area (Å²) in [4.78, 5) is 11.6. The van der Waals surface area contributed by atoms with Crippen LogP contribution < -0.4 is 0 Å². The second-order valence-corrected chi connectivity index (χ2v) is 4.09. The molecular formula is C11H8O3S. The van der Waals surface area contributed by atoms with E-state index in [0.29, 0.717) is 0 Å². The van der Waals surface area contributed by atoms with Crippen LogP contribution in [0.5, 0.6) is 5.06 Å². The van der Waals surface area contributed by atoms with Gasteiger partial charge in [-0.25, -0.2) is 4.79 Å². The Morgan fingerprint density at radius 2 is 2.00 bits per heavy atom. The number of benzene rings is 1. The molecule has 0 radical (unpaired) electrons. The van der Waals surface area contributed by atoms with Crippen molar-refractivity contribution in [2.75, 3.05) is 0 Å². The van der Waals surface area contributed by atoms with E-state index in [1.165, 1.54) is 11.3 Å². The molecule has 0 saturated carbocycles. The topological polar surface area (TPSA) is 57.5 Å². The van der Waals surface area contributed by atoms with E-state index in [9.17, 15) is 9.90 Å². The molecule has 1 heterocycles. The van der Waals surface area contributed by atoms with Gasteiger partial charge in [0.25, 0.3) is 0 Å². The maximum absolute atomic E-state index is 10.7. The van der Waals surface area contributed by atoms with Crippen LogP contribution in [0.1, 0.15) is 10.4 Å². The van der Waals surface area contributed by atoms with Gasteiger partial charge in [0.15, 0.2) is 5.06 Å². The minimum atomic E-state index is -0.947. The van der Waals surface area contributed by atoms with Gasteiger partial charge in [-0.1, -0.05) is 23.5 Å². The first-order chi connectivity index (χ1) is 7.16. The largest absolute Gasteiger partial charge is 0.499 e. The van der Waals surface area contributed by atoms with E-state index in [0.717, 1.165) is 10.4 Å². The number of carboxylic acid groups (broad SMARTS) is 1. The summed E-state index contributed by atoms with van der Waals surface area (Å²) in [5, 5.41) is 18.2. The lowest BCUT2D eigenvalue weighted by atomic mass is 10.1. The van der Waals surface area contributed by atoms with Crippen LogP contribution >= 0.6 is 11.3 Å². The molecule has 2 N–H and O–H groups in total. The summed E-state index contributed by atoms with van der Waals surface area (Å²) in [5.74, 6) is -0.947. The highest BCUT2D eigenvalue weighted by Crippen LogP contribution is 2.32. The van der Waals surface area contributed by atoms with Crippen LogP contribution in [-0.2, 0) is 0 Å². The van der Waals surface area contributed by atoms with Crippen molar-refractivity contribution < 1.29 is 15.0 Å². The van der Waals surface area contributed by atoms with Gasteiger partial charge in [-0.15, -0.1) is 0 Å². The van der Waals surface area contributed by atoms with Crippen LogP contribution in [0.25, 0.3) is 10.4 Å². The Bertz CT molecular complexity index is 502. The van der Waals surface area contributed by atoms with Gasteiger partial charge in [-0.2, -0.15) is 0 Å². The summed E-state index contributed by atoms with van der Waals surface area (Å²) in [6.07, 6.45) is 0. The minimum absolute atomic E-state index is 0.228. The predicted molar refractivity (Wildman–Crippen MR) is 58.4 cm³/mol. The molecular weight excluding hydrogens is 212 g/mol. The lowest BCUT2D eigenvalue weighted by Crippen LogP contribution is -1.95. The SMILES string of the molecule is O=C(O)c1cccc(-c2ccc(O)s2)c1. The molecule has 76 valence electrons. The normalized spacial score (nSPS) is 10.1. The molecule has 0 aliphatic carbocycles. The van der Waals surface area contributed by atoms with E-state index in [-0.39, 0.29) is 10.6 Å². The molecule has 0 spiro atoms.